The summed E-state index contributed by atoms with van der Waals surface area (Å²) < 4.78 is 41.8. The van der Waals surface area contributed by atoms with Gasteiger partial charge in [0.05, 0.1) is 24.9 Å². The maximum absolute atomic E-state index is 15.2. The topological polar surface area (TPSA) is 134 Å². The number of carbonyl (C=O) groups excluding carboxylic acids is 2. The highest BCUT2D eigenvalue weighted by molar-refractivity contribution is 7.93. The van der Waals surface area contributed by atoms with Crippen molar-refractivity contribution >= 4 is 38.6 Å². The minimum absolute atomic E-state index is 0.0482. The molecule has 1 aromatic heterocycles. The first-order chi connectivity index (χ1) is 24.7. The van der Waals surface area contributed by atoms with Gasteiger partial charge in [0, 0.05) is 54.9 Å². The molecule has 3 aliphatic heterocycles. The van der Waals surface area contributed by atoms with Crippen molar-refractivity contribution in [1.29, 1.82) is 0 Å². The van der Waals surface area contributed by atoms with Gasteiger partial charge in [0.15, 0.2) is 5.54 Å². The summed E-state index contributed by atoms with van der Waals surface area (Å²) in [7, 11) is -0.999. The van der Waals surface area contributed by atoms with Crippen LogP contribution in [0.5, 0.6) is 11.5 Å². The number of anilines is 1. The third-order valence-electron chi connectivity index (χ3n) is 10.0. The molecule has 14 heteroatoms. The molecule has 0 saturated carbocycles. The van der Waals surface area contributed by atoms with Crippen molar-refractivity contribution in [3.63, 3.8) is 0 Å². The van der Waals surface area contributed by atoms with Crippen LogP contribution in [0.1, 0.15) is 30.9 Å². The number of amides is 2. The molecule has 2 fully saturated rings. The van der Waals surface area contributed by atoms with Gasteiger partial charge in [-0.2, -0.15) is 4.31 Å². The second-order valence-corrected chi connectivity index (χ2v) is 14.7. The molecule has 4 aromatic rings. The number of sulfonamides is 1. The van der Waals surface area contributed by atoms with Crippen LogP contribution in [0, 0.1) is 0 Å². The van der Waals surface area contributed by atoms with E-state index >= 15 is 4.79 Å². The molecule has 13 nitrogen and oxygen atoms in total. The summed E-state index contributed by atoms with van der Waals surface area (Å²) in [5, 5.41) is 5.03. The fraction of sp³-hybridized carbons (Fsp3) is 0.378. The number of hydrogen-bond donors (Lipinski definition) is 1. The smallest absolute Gasteiger partial charge is 0.427 e. The Morgan fingerprint density at radius 2 is 1.69 bits per heavy atom. The molecule has 0 bridgehead atoms. The average molecular weight is 715 g/mol. The number of fused-ring (bicyclic) bond motifs is 2. The van der Waals surface area contributed by atoms with Gasteiger partial charge in [-0.3, -0.25) is 20.0 Å². The van der Waals surface area contributed by atoms with E-state index in [1.807, 2.05) is 0 Å². The lowest BCUT2D eigenvalue weighted by atomic mass is 9.83. The van der Waals surface area contributed by atoms with E-state index in [0.29, 0.717) is 36.0 Å². The number of likely N-dealkylation sites (tertiary alicyclic amines) is 1. The first kappa shape index (κ1) is 34.7. The van der Waals surface area contributed by atoms with Crippen LogP contribution < -0.4 is 19.1 Å². The predicted octanol–water partition coefficient (Wildman–Crippen LogP) is 3.97. The molecule has 0 aliphatic carbocycles. The number of para-hydroxylation sites is 2. The Morgan fingerprint density at radius 1 is 0.941 bits per heavy atom. The second kappa shape index (κ2) is 14.1. The highest BCUT2D eigenvalue weighted by atomic mass is 32.2. The van der Waals surface area contributed by atoms with Crippen molar-refractivity contribution in [2.45, 2.75) is 36.2 Å². The molecule has 3 aliphatic rings. The van der Waals surface area contributed by atoms with Crippen molar-refractivity contribution < 1.29 is 32.3 Å². The quantitative estimate of drug-likeness (QED) is 0.270. The number of methoxy groups -OCH3 is 1. The number of nitrogens with zero attached hydrogens (tertiary/aromatic N) is 5. The van der Waals surface area contributed by atoms with Crippen LogP contribution in [0.2, 0.25) is 0 Å². The largest absolute Gasteiger partial charge is 0.497 e. The zero-order chi connectivity index (χ0) is 35.8. The fourth-order valence-electron chi connectivity index (χ4n) is 7.44. The van der Waals surface area contributed by atoms with Crippen LogP contribution in [0.3, 0.4) is 0 Å². The molecule has 2 saturated heterocycles. The number of nitrogens with one attached hydrogen (secondary N) is 1. The number of piperazine rings is 1. The van der Waals surface area contributed by atoms with Gasteiger partial charge in [-0.05, 0) is 76.3 Å². The maximum atomic E-state index is 15.2. The van der Waals surface area contributed by atoms with Gasteiger partial charge in [0.2, 0.25) is 0 Å². The number of rotatable bonds is 9. The standard InChI is InChI=1S/C37H42N6O7S/c1-4-49-32-12-6-5-11-29(32)37(39-36(45)50-42-23-21-41(22-24-42)27-16-19-40(2)20-17-27)30-25-28(48-3)14-15-31(30)43(35(37)44)51(46,47)33-13-7-9-26-10-8-18-38-34(26)33/h5-15,18,25,27H,4,16-17,19-24H2,1-3H3,(H,39,45). The Morgan fingerprint density at radius 3 is 2.43 bits per heavy atom. The summed E-state index contributed by atoms with van der Waals surface area (Å²) in [6, 6.07) is 20.1. The molecule has 7 rings (SSSR count). The van der Waals surface area contributed by atoms with Crippen molar-refractivity contribution in [3.8, 4) is 11.5 Å². The molecule has 1 unspecified atom stereocenters. The van der Waals surface area contributed by atoms with Crippen LogP contribution >= 0.6 is 0 Å². The van der Waals surface area contributed by atoms with E-state index in [-0.39, 0.29) is 33.8 Å². The Labute approximate surface area is 297 Å². The summed E-state index contributed by atoms with van der Waals surface area (Å²) in [4.78, 5) is 44.1. The van der Waals surface area contributed by atoms with Crippen molar-refractivity contribution in [1.82, 2.24) is 25.2 Å². The summed E-state index contributed by atoms with van der Waals surface area (Å²) in [6.07, 6.45) is 2.78. The predicted molar refractivity (Wildman–Crippen MR) is 191 cm³/mol. The number of ether oxygens (including phenoxy) is 2. The second-order valence-electron chi connectivity index (χ2n) is 13.0. The number of hydroxylamine groups is 2. The third-order valence-corrected chi connectivity index (χ3v) is 11.7. The normalized spacial score (nSPS) is 20.7. The zero-order valence-corrected chi connectivity index (χ0v) is 29.8. The molecule has 268 valence electrons. The molecule has 3 aromatic carbocycles. The van der Waals surface area contributed by atoms with Gasteiger partial charge in [-0.1, -0.05) is 36.4 Å². The first-order valence-corrected chi connectivity index (χ1v) is 18.6. The number of aromatic nitrogens is 1. The van der Waals surface area contributed by atoms with Crippen LogP contribution in [0.15, 0.2) is 83.9 Å². The van der Waals surface area contributed by atoms with Gasteiger partial charge in [0.1, 0.15) is 16.4 Å². The lowest BCUT2D eigenvalue weighted by molar-refractivity contribution is -0.133. The summed E-state index contributed by atoms with van der Waals surface area (Å²) >= 11 is 0. The fourth-order valence-corrected chi connectivity index (χ4v) is 9.07. The molecular formula is C37H42N6O7S. The van der Waals surface area contributed by atoms with Gasteiger partial charge in [-0.25, -0.2) is 13.2 Å². The molecule has 1 N–H and O–H groups in total. The summed E-state index contributed by atoms with van der Waals surface area (Å²) in [5.41, 5.74) is -1.41. The lowest BCUT2D eigenvalue weighted by Crippen LogP contribution is -2.57. The van der Waals surface area contributed by atoms with Crippen LogP contribution in [-0.4, -0.2) is 106 Å². The number of carbonyl (C=O) groups is 2. The van der Waals surface area contributed by atoms with Crippen molar-refractivity contribution in [2.75, 3.05) is 64.3 Å². The van der Waals surface area contributed by atoms with Crippen LogP contribution in [0.25, 0.3) is 10.9 Å². The molecule has 1 atom stereocenters. The Kier molecular flexibility index (Phi) is 9.59. The van der Waals surface area contributed by atoms with Gasteiger partial charge >= 0.3 is 6.09 Å². The lowest BCUT2D eigenvalue weighted by Gasteiger charge is -2.41. The summed E-state index contributed by atoms with van der Waals surface area (Å²) in [5.74, 6) is -0.291. The Bertz CT molecular complexity index is 2040. The maximum Gasteiger partial charge on any atom is 0.427 e. The van der Waals surface area contributed by atoms with Crippen molar-refractivity contribution in [2.24, 2.45) is 0 Å². The number of pyridine rings is 1. The van der Waals surface area contributed by atoms with Gasteiger partial charge < -0.3 is 19.2 Å². The Hall–Kier alpha value is -4.76. The van der Waals surface area contributed by atoms with Gasteiger partial charge in [-0.15, -0.1) is 5.06 Å². The molecule has 0 radical (unpaired) electrons. The van der Waals surface area contributed by atoms with E-state index < -0.39 is 27.6 Å². The van der Waals surface area contributed by atoms with E-state index in [4.69, 9.17) is 14.3 Å². The van der Waals surface area contributed by atoms with Gasteiger partial charge in [0.25, 0.3) is 15.9 Å². The minimum atomic E-state index is -4.61. The first-order valence-electron chi connectivity index (χ1n) is 17.2. The highest BCUT2D eigenvalue weighted by Gasteiger charge is 2.59. The number of hydrogen-bond acceptors (Lipinski definition) is 11. The zero-order valence-electron chi connectivity index (χ0n) is 28.9. The van der Waals surface area contributed by atoms with Crippen LogP contribution in [-0.2, 0) is 25.2 Å². The minimum Gasteiger partial charge on any atom is -0.497 e. The molecular weight excluding hydrogens is 673 g/mol. The van der Waals surface area contributed by atoms with E-state index in [0.717, 1.165) is 43.3 Å². The van der Waals surface area contributed by atoms with E-state index in [1.165, 1.54) is 25.4 Å². The van der Waals surface area contributed by atoms with Crippen LogP contribution in [0.4, 0.5) is 10.5 Å². The van der Waals surface area contributed by atoms with E-state index in [1.54, 1.807) is 72.7 Å². The summed E-state index contributed by atoms with van der Waals surface area (Å²) in [6.45, 7) is 6.58. The molecule has 4 heterocycles. The van der Waals surface area contributed by atoms with E-state index in [2.05, 4.69) is 27.1 Å². The molecule has 0 spiro atoms. The Balaban J connectivity index is 1.28. The number of piperidine rings is 1. The highest BCUT2D eigenvalue weighted by Crippen LogP contribution is 2.50. The SMILES string of the molecule is CCOc1ccccc1C1(NC(=O)ON2CCN(C3CCN(C)CC3)CC2)C(=O)N(S(=O)(=O)c2cccc3cccnc23)c2ccc(OC)cc21. The number of benzene rings is 3. The van der Waals surface area contributed by atoms with E-state index in [9.17, 15) is 13.2 Å². The average Bonchev–Trinajstić information content (AvgIpc) is 3.39. The van der Waals surface area contributed by atoms with Crippen molar-refractivity contribution in [3.05, 3.63) is 90.1 Å². The molecule has 51 heavy (non-hydrogen) atoms. The third kappa shape index (κ3) is 6.26. The molecule has 2 amide bonds. The monoisotopic (exact) mass is 714 g/mol.